The molecule has 0 radical (unpaired) electrons. The first-order chi connectivity index (χ1) is 14.0. The Labute approximate surface area is 171 Å². The summed E-state index contributed by atoms with van der Waals surface area (Å²) >= 11 is 0. The van der Waals surface area contributed by atoms with Crippen molar-refractivity contribution >= 4 is 16.9 Å². The number of carbonyl (C=O) groups excluding carboxylic acids is 1. The summed E-state index contributed by atoms with van der Waals surface area (Å²) < 4.78 is 1.78. The van der Waals surface area contributed by atoms with Crippen LogP contribution in [0.15, 0.2) is 36.4 Å². The second-order valence-electron chi connectivity index (χ2n) is 8.11. The molecule has 6 nitrogen and oxygen atoms in total. The van der Waals surface area contributed by atoms with Gasteiger partial charge >= 0.3 is 0 Å². The molecule has 1 aliphatic carbocycles. The molecule has 4 rings (SSSR count). The lowest BCUT2D eigenvalue weighted by Crippen LogP contribution is -2.28. The van der Waals surface area contributed by atoms with E-state index in [9.17, 15) is 4.79 Å². The van der Waals surface area contributed by atoms with E-state index in [1.807, 2.05) is 26.1 Å². The molecule has 2 heterocycles. The van der Waals surface area contributed by atoms with Crippen LogP contribution in [0.4, 0.5) is 0 Å². The van der Waals surface area contributed by atoms with Gasteiger partial charge in [0, 0.05) is 31.7 Å². The van der Waals surface area contributed by atoms with Crippen LogP contribution in [0.1, 0.15) is 52.5 Å². The van der Waals surface area contributed by atoms with Crippen LogP contribution in [0.25, 0.3) is 11.0 Å². The Kier molecular flexibility index (Phi) is 5.62. The normalized spacial score (nSPS) is 13.9. The number of hydrogen-bond donors (Lipinski definition) is 1. The van der Waals surface area contributed by atoms with Gasteiger partial charge in [0.25, 0.3) is 5.91 Å². The number of hydrogen-bond acceptors (Lipinski definition) is 4. The number of rotatable bonds is 8. The van der Waals surface area contributed by atoms with E-state index in [0.717, 1.165) is 54.8 Å². The van der Waals surface area contributed by atoms with Crippen molar-refractivity contribution in [3.05, 3.63) is 58.9 Å². The Morgan fingerprint density at radius 2 is 2.03 bits per heavy atom. The molecule has 6 heteroatoms. The van der Waals surface area contributed by atoms with Crippen LogP contribution in [0.2, 0.25) is 0 Å². The molecule has 1 N–H and O–H groups in total. The summed E-state index contributed by atoms with van der Waals surface area (Å²) in [6.45, 7) is 4.44. The molecule has 1 fully saturated rings. The second kappa shape index (κ2) is 8.33. The average molecular weight is 392 g/mol. The van der Waals surface area contributed by atoms with E-state index in [1.165, 1.54) is 5.56 Å². The third kappa shape index (κ3) is 4.48. The first-order valence-electron chi connectivity index (χ1n) is 10.4. The summed E-state index contributed by atoms with van der Waals surface area (Å²) in [4.78, 5) is 20.0. The first-order valence-corrected chi connectivity index (χ1v) is 10.4. The fraction of sp³-hybridized carbons (Fsp3) is 0.435. The van der Waals surface area contributed by atoms with Gasteiger partial charge in [-0.05, 0) is 51.4 Å². The number of pyridine rings is 1. The molecule has 0 atom stereocenters. The molecule has 152 valence electrons. The molecule has 29 heavy (non-hydrogen) atoms. The molecule has 3 aromatic rings. The number of nitrogens with zero attached hydrogens (tertiary/aromatic N) is 4. The molecule has 1 aromatic carbocycles. The minimum atomic E-state index is -0.0267. The van der Waals surface area contributed by atoms with Crippen molar-refractivity contribution in [3.8, 4) is 0 Å². The lowest BCUT2D eigenvalue weighted by Gasteiger charge is -2.17. The van der Waals surface area contributed by atoms with Crippen LogP contribution >= 0.6 is 0 Å². The predicted molar refractivity (Wildman–Crippen MR) is 115 cm³/mol. The van der Waals surface area contributed by atoms with Gasteiger partial charge in [0.1, 0.15) is 0 Å². The van der Waals surface area contributed by atoms with Gasteiger partial charge < -0.3 is 10.2 Å². The summed E-state index contributed by atoms with van der Waals surface area (Å²) in [5.41, 5.74) is 4.69. The summed E-state index contributed by atoms with van der Waals surface area (Å²) in [6.07, 6.45) is 3.22. The number of carbonyl (C=O) groups is 1. The number of aryl methyl sites for hydroxylation is 2. The fourth-order valence-corrected chi connectivity index (χ4v) is 3.85. The van der Waals surface area contributed by atoms with Crippen LogP contribution < -0.4 is 5.32 Å². The van der Waals surface area contributed by atoms with Gasteiger partial charge in [-0.25, -0.2) is 4.98 Å². The third-order valence-electron chi connectivity index (χ3n) is 5.53. The smallest absolute Gasteiger partial charge is 0.252 e. The van der Waals surface area contributed by atoms with E-state index >= 15 is 0 Å². The fourth-order valence-electron chi connectivity index (χ4n) is 3.85. The van der Waals surface area contributed by atoms with Crippen molar-refractivity contribution in [2.24, 2.45) is 7.05 Å². The van der Waals surface area contributed by atoms with Gasteiger partial charge in [0.05, 0.1) is 16.6 Å². The Hall–Kier alpha value is -2.73. The standard InChI is InChI=1S/C23H29N5O/c1-16-21-19(14-20(18-10-11-18)25-22(21)28(3)26-16)23(29)24-12-7-13-27(2)15-17-8-5-4-6-9-17/h4-6,8-9,14,18H,7,10-13,15H2,1-3H3,(H,24,29). The van der Waals surface area contributed by atoms with Gasteiger partial charge in [0.2, 0.25) is 0 Å². The van der Waals surface area contributed by atoms with Crippen molar-refractivity contribution in [1.82, 2.24) is 25.0 Å². The first kappa shape index (κ1) is 19.6. The Morgan fingerprint density at radius 3 is 2.76 bits per heavy atom. The lowest BCUT2D eigenvalue weighted by atomic mass is 10.1. The lowest BCUT2D eigenvalue weighted by molar-refractivity contribution is 0.0953. The molecular weight excluding hydrogens is 362 g/mol. The molecule has 0 saturated heterocycles. The molecule has 1 amide bonds. The number of amides is 1. The zero-order valence-electron chi connectivity index (χ0n) is 17.5. The van der Waals surface area contributed by atoms with Crippen molar-refractivity contribution in [3.63, 3.8) is 0 Å². The van der Waals surface area contributed by atoms with E-state index in [1.54, 1.807) is 4.68 Å². The van der Waals surface area contributed by atoms with E-state index in [-0.39, 0.29) is 5.91 Å². The monoisotopic (exact) mass is 391 g/mol. The highest BCUT2D eigenvalue weighted by Crippen LogP contribution is 2.40. The summed E-state index contributed by atoms with van der Waals surface area (Å²) in [6, 6.07) is 12.4. The molecule has 0 bridgehead atoms. The quantitative estimate of drug-likeness (QED) is 0.598. The van der Waals surface area contributed by atoms with Crippen LogP contribution in [0.5, 0.6) is 0 Å². The maximum atomic E-state index is 13.0. The Bertz CT molecular complexity index is 1010. The van der Waals surface area contributed by atoms with E-state index < -0.39 is 0 Å². The molecule has 0 spiro atoms. The Balaban J connectivity index is 1.38. The van der Waals surface area contributed by atoms with E-state index in [0.29, 0.717) is 18.0 Å². The van der Waals surface area contributed by atoms with E-state index in [2.05, 4.69) is 46.6 Å². The van der Waals surface area contributed by atoms with Crippen molar-refractivity contribution in [2.75, 3.05) is 20.1 Å². The number of benzene rings is 1. The molecule has 2 aromatic heterocycles. The SMILES string of the molecule is Cc1nn(C)c2nc(C3CC3)cc(C(=O)NCCCN(C)Cc3ccccc3)c12. The summed E-state index contributed by atoms with van der Waals surface area (Å²) in [5, 5.41) is 8.45. The van der Waals surface area contributed by atoms with Gasteiger partial charge in [0.15, 0.2) is 5.65 Å². The maximum absolute atomic E-state index is 13.0. The van der Waals surface area contributed by atoms with Crippen molar-refractivity contribution in [1.29, 1.82) is 0 Å². The predicted octanol–water partition coefficient (Wildman–Crippen LogP) is 3.41. The van der Waals surface area contributed by atoms with Crippen molar-refractivity contribution < 1.29 is 4.79 Å². The highest BCUT2D eigenvalue weighted by atomic mass is 16.1. The van der Waals surface area contributed by atoms with Crippen LogP contribution in [0.3, 0.4) is 0 Å². The number of nitrogens with one attached hydrogen (secondary N) is 1. The zero-order valence-corrected chi connectivity index (χ0v) is 17.5. The zero-order chi connectivity index (χ0) is 20.4. The Morgan fingerprint density at radius 1 is 1.28 bits per heavy atom. The van der Waals surface area contributed by atoms with Crippen LogP contribution in [-0.2, 0) is 13.6 Å². The maximum Gasteiger partial charge on any atom is 0.252 e. The highest BCUT2D eigenvalue weighted by Gasteiger charge is 2.28. The topological polar surface area (TPSA) is 63.1 Å². The summed E-state index contributed by atoms with van der Waals surface area (Å²) in [7, 11) is 4.01. The van der Waals surface area contributed by atoms with Crippen LogP contribution in [0, 0.1) is 6.92 Å². The van der Waals surface area contributed by atoms with Crippen molar-refractivity contribution in [2.45, 2.75) is 38.6 Å². The minimum absolute atomic E-state index is 0.0267. The molecular formula is C23H29N5O. The molecule has 1 aliphatic rings. The van der Waals surface area contributed by atoms with Gasteiger partial charge in [-0.1, -0.05) is 30.3 Å². The van der Waals surface area contributed by atoms with Gasteiger partial charge in [-0.2, -0.15) is 5.10 Å². The molecule has 0 unspecified atom stereocenters. The van der Waals surface area contributed by atoms with E-state index in [4.69, 9.17) is 4.98 Å². The number of aromatic nitrogens is 3. The number of fused-ring (bicyclic) bond motifs is 1. The molecule has 0 aliphatic heterocycles. The third-order valence-corrected chi connectivity index (χ3v) is 5.53. The second-order valence-corrected chi connectivity index (χ2v) is 8.11. The largest absolute Gasteiger partial charge is 0.352 e. The minimum Gasteiger partial charge on any atom is -0.352 e. The highest BCUT2D eigenvalue weighted by molar-refractivity contribution is 6.06. The molecule has 1 saturated carbocycles. The van der Waals surface area contributed by atoms with Gasteiger partial charge in [-0.15, -0.1) is 0 Å². The summed E-state index contributed by atoms with van der Waals surface area (Å²) in [5.74, 6) is 0.467. The average Bonchev–Trinajstić information content (AvgIpc) is 3.52. The van der Waals surface area contributed by atoms with Gasteiger partial charge in [-0.3, -0.25) is 9.48 Å². The van der Waals surface area contributed by atoms with Crippen LogP contribution in [-0.4, -0.2) is 45.7 Å².